The summed E-state index contributed by atoms with van der Waals surface area (Å²) in [6, 6.07) is 2.02. The van der Waals surface area contributed by atoms with E-state index in [4.69, 9.17) is 0 Å². The molecule has 2 aliphatic carbocycles. The van der Waals surface area contributed by atoms with E-state index in [1.807, 2.05) is 5.57 Å². The van der Waals surface area contributed by atoms with Crippen molar-refractivity contribution in [1.29, 1.82) is 0 Å². The Kier molecular flexibility index (Phi) is 15.9. The summed E-state index contributed by atoms with van der Waals surface area (Å²) in [5, 5.41) is 5.87. The normalized spacial score (nSPS) is 28.6. The van der Waals surface area contributed by atoms with Crippen LogP contribution in [-0.4, -0.2) is 35.2 Å². The smallest absolute Gasteiger partial charge is 0.0481 e. The highest BCUT2D eigenvalue weighted by molar-refractivity contribution is 5.20. The standard InChI is InChI=1S/C35H66N2/c1-4-6-25-32-30-34(24-5-2)37(33-28-22-18-14-8-7-9-15-19-23-29-33)36(3)35(32)31-26-20-16-12-10-11-13-17-21-27-31/h30-31,33-35H,4-29H2,1-3H3. The first-order valence-corrected chi connectivity index (χ1v) is 17.5. The molecule has 1 aliphatic heterocycles. The summed E-state index contributed by atoms with van der Waals surface area (Å²) in [5.41, 5.74) is 1.83. The molecule has 2 saturated carbocycles. The van der Waals surface area contributed by atoms with Crippen LogP contribution < -0.4 is 0 Å². The molecule has 2 unspecified atom stereocenters. The molecule has 0 bridgehead atoms. The first kappa shape index (κ1) is 31.2. The van der Waals surface area contributed by atoms with Gasteiger partial charge in [0.2, 0.25) is 0 Å². The van der Waals surface area contributed by atoms with Gasteiger partial charge in [-0.3, -0.25) is 0 Å². The van der Waals surface area contributed by atoms with Crippen molar-refractivity contribution in [3.05, 3.63) is 11.6 Å². The van der Waals surface area contributed by atoms with Crippen LogP contribution in [0.4, 0.5) is 0 Å². The van der Waals surface area contributed by atoms with Crippen LogP contribution in [0.15, 0.2) is 11.6 Å². The second kappa shape index (κ2) is 18.9. The van der Waals surface area contributed by atoms with E-state index in [1.165, 1.54) is 167 Å². The van der Waals surface area contributed by atoms with E-state index in [9.17, 15) is 0 Å². The molecule has 2 nitrogen and oxygen atoms in total. The van der Waals surface area contributed by atoms with Crippen molar-refractivity contribution in [1.82, 2.24) is 10.0 Å². The van der Waals surface area contributed by atoms with Gasteiger partial charge in [-0.1, -0.05) is 147 Å². The van der Waals surface area contributed by atoms with Gasteiger partial charge >= 0.3 is 0 Å². The Hall–Kier alpha value is -0.340. The van der Waals surface area contributed by atoms with Crippen LogP contribution in [0.5, 0.6) is 0 Å². The van der Waals surface area contributed by atoms with E-state index in [2.05, 4.69) is 37.0 Å². The van der Waals surface area contributed by atoms with Gasteiger partial charge in [-0.25, -0.2) is 10.0 Å². The van der Waals surface area contributed by atoms with Crippen molar-refractivity contribution in [2.24, 2.45) is 5.92 Å². The number of rotatable bonds is 7. The number of hydrogen-bond donors (Lipinski definition) is 0. The molecule has 0 saturated heterocycles. The highest BCUT2D eigenvalue weighted by Crippen LogP contribution is 2.39. The number of hydrogen-bond acceptors (Lipinski definition) is 2. The zero-order chi connectivity index (χ0) is 26.1. The maximum absolute atomic E-state index is 2.99. The van der Waals surface area contributed by atoms with Gasteiger partial charge in [0.25, 0.3) is 0 Å². The van der Waals surface area contributed by atoms with Crippen LogP contribution in [0.3, 0.4) is 0 Å². The fraction of sp³-hybridized carbons (Fsp3) is 0.943. The number of unbranched alkanes of at least 4 members (excludes halogenated alkanes) is 1. The summed E-state index contributed by atoms with van der Waals surface area (Å²) < 4.78 is 0. The molecule has 1 heterocycles. The zero-order valence-electron chi connectivity index (χ0n) is 25.7. The molecule has 0 N–H and O–H groups in total. The van der Waals surface area contributed by atoms with Gasteiger partial charge in [-0.15, -0.1) is 0 Å². The van der Waals surface area contributed by atoms with Gasteiger partial charge in [-0.2, -0.15) is 0 Å². The Morgan fingerprint density at radius 2 is 1.08 bits per heavy atom. The summed E-state index contributed by atoms with van der Waals surface area (Å²) in [6.07, 6.45) is 40.1. The summed E-state index contributed by atoms with van der Waals surface area (Å²) in [5.74, 6) is 0.850. The second-order valence-electron chi connectivity index (χ2n) is 13.2. The van der Waals surface area contributed by atoms with Crippen LogP contribution in [0, 0.1) is 5.92 Å². The molecular weight excluding hydrogens is 448 g/mol. The molecule has 2 atom stereocenters. The van der Waals surface area contributed by atoms with E-state index in [1.54, 1.807) is 0 Å². The zero-order valence-corrected chi connectivity index (χ0v) is 25.7. The molecule has 0 aromatic rings. The van der Waals surface area contributed by atoms with Gasteiger partial charge in [0.05, 0.1) is 0 Å². The first-order valence-electron chi connectivity index (χ1n) is 17.5. The molecule has 0 aromatic heterocycles. The SMILES string of the molecule is CCCCC1=CC(CCC)N(C2CCCCCCCCCCC2)N(C)C1C1CCCCCCCCCC1. The number of likely N-dealkylation sites (N-methyl/N-ethyl adjacent to an activating group) is 1. The van der Waals surface area contributed by atoms with Crippen molar-refractivity contribution in [3.8, 4) is 0 Å². The van der Waals surface area contributed by atoms with Crippen LogP contribution in [0.25, 0.3) is 0 Å². The molecule has 0 aromatic carbocycles. The first-order chi connectivity index (χ1) is 18.3. The van der Waals surface area contributed by atoms with Crippen LogP contribution in [-0.2, 0) is 0 Å². The van der Waals surface area contributed by atoms with Gasteiger partial charge in [-0.05, 0) is 50.9 Å². The Balaban J connectivity index is 1.86. The molecule has 3 aliphatic rings. The molecule has 216 valence electrons. The Bertz CT molecular complexity index is 574. The van der Waals surface area contributed by atoms with Crippen LogP contribution >= 0.6 is 0 Å². The predicted molar refractivity (Wildman–Crippen MR) is 164 cm³/mol. The van der Waals surface area contributed by atoms with E-state index >= 15 is 0 Å². The lowest BCUT2D eigenvalue weighted by molar-refractivity contribution is -0.115. The minimum Gasteiger partial charge on any atom is -0.237 e. The van der Waals surface area contributed by atoms with Crippen molar-refractivity contribution >= 4 is 0 Å². The topological polar surface area (TPSA) is 6.48 Å². The second-order valence-corrected chi connectivity index (χ2v) is 13.2. The average Bonchev–Trinajstić information content (AvgIpc) is 2.95. The maximum atomic E-state index is 2.99. The minimum atomic E-state index is 0.624. The predicted octanol–water partition coefficient (Wildman–Crippen LogP) is 11.0. The number of hydrazine groups is 1. The quantitative estimate of drug-likeness (QED) is 0.312. The maximum Gasteiger partial charge on any atom is 0.0481 e. The van der Waals surface area contributed by atoms with Crippen molar-refractivity contribution in [3.63, 3.8) is 0 Å². The molecule has 0 spiro atoms. The van der Waals surface area contributed by atoms with Gasteiger partial charge in [0.1, 0.15) is 0 Å². The van der Waals surface area contributed by atoms with Crippen LogP contribution in [0.1, 0.15) is 181 Å². The lowest BCUT2D eigenvalue weighted by Crippen LogP contribution is -2.60. The van der Waals surface area contributed by atoms with Gasteiger partial charge in [0.15, 0.2) is 0 Å². The van der Waals surface area contributed by atoms with Crippen molar-refractivity contribution in [2.75, 3.05) is 7.05 Å². The molecule has 0 radical (unpaired) electrons. The molecule has 2 heteroatoms. The molecule has 2 fully saturated rings. The minimum absolute atomic E-state index is 0.624. The highest BCUT2D eigenvalue weighted by atomic mass is 15.7. The van der Waals surface area contributed by atoms with Crippen molar-refractivity contribution in [2.45, 2.75) is 199 Å². The third kappa shape index (κ3) is 10.6. The Morgan fingerprint density at radius 1 is 0.622 bits per heavy atom. The van der Waals surface area contributed by atoms with Gasteiger partial charge < -0.3 is 0 Å². The number of nitrogens with zero attached hydrogens (tertiary/aromatic N) is 2. The van der Waals surface area contributed by atoms with Crippen molar-refractivity contribution < 1.29 is 0 Å². The molecule has 3 rings (SSSR count). The summed E-state index contributed by atoms with van der Waals surface area (Å²) in [7, 11) is 2.54. The van der Waals surface area contributed by atoms with E-state index in [-0.39, 0.29) is 0 Å². The summed E-state index contributed by atoms with van der Waals surface area (Å²) >= 11 is 0. The fourth-order valence-electron chi connectivity index (χ4n) is 8.04. The highest BCUT2D eigenvalue weighted by Gasteiger charge is 2.40. The largest absolute Gasteiger partial charge is 0.237 e. The third-order valence-corrected chi connectivity index (χ3v) is 10.1. The lowest BCUT2D eigenvalue weighted by atomic mass is 9.80. The van der Waals surface area contributed by atoms with E-state index < -0.39 is 0 Å². The monoisotopic (exact) mass is 515 g/mol. The molecule has 0 amide bonds. The van der Waals surface area contributed by atoms with Gasteiger partial charge in [0, 0.05) is 25.2 Å². The third-order valence-electron chi connectivity index (χ3n) is 10.1. The van der Waals surface area contributed by atoms with Crippen LogP contribution in [0.2, 0.25) is 0 Å². The summed E-state index contributed by atoms with van der Waals surface area (Å²) in [4.78, 5) is 0. The summed E-state index contributed by atoms with van der Waals surface area (Å²) in [6.45, 7) is 4.80. The van der Waals surface area contributed by atoms with E-state index in [0.29, 0.717) is 12.1 Å². The van der Waals surface area contributed by atoms with E-state index in [0.717, 1.165) is 12.0 Å². The molecular formula is C35H66N2. The average molecular weight is 515 g/mol. The fourth-order valence-corrected chi connectivity index (χ4v) is 8.04. The Morgan fingerprint density at radius 3 is 1.54 bits per heavy atom. The Labute approximate surface area is 233 Å². The lowest BCUT2D eigenvalue weighted by Gasteiger charge is -2.52. The molecule has 37 heavy (non-hydrogen) atoms.